The monoisotopic (exact) mass is 492 g/mol. The van der Waals surface area contributed by atoms with E-state index in [1.54, 1.807) is 0 Å². The maximum atomic E-state index is 2.32. The molecule has 0 radical (unpaired) electrons. The molecule has 0 saturated heterocycles. The van der Waals surface area contributed by atoms with Gasteiger partial charge in [0.15, 0.2) is 0 Å². The van der Waals surface area contributed by atoms with Crippen LogP contribution in [-0.2, 0) is 0 Å². The summed E-state index contributed by atoms with van der Waals surface area (Å²) in [6.07, 6.45) is 17.0. The van der Waals surface area contributed by atoms with Gasteiger partial charge in [0.1, 0.15) is 0 Å². The van der Waals surface area contributed by atoms with Gasteiger partial charge in [-0.2, -0.15) is 0 Å². The minimum Gasteiger partial charge on any atom is -0.0877 e. The van der Waals surface area contributed by atoms with Gasteiger partial charge < -0.3 is 0 Å². The van der Waals surface area contributed by atoms with Gasteiger partial charge in [-0.1, -0.05) is 147 Å². The van der Waals surface area contributed by atoms with Crippen molar-refractivity contribution in [3.63, 3.8) is 0 Å². The van der Waals surface area contributed by atoms with Crippen molar-refractivity contribution >= 4 is 33.7 Å². The van der Waals surface area contributed by atoms with Gasteiger partial charge in [-0.15, -0.1) is 0 Å². The average Bonchev–Trinajstić information content (AvgIpc) is 2.99. The molecule has 188 valence electrons. The molecule has 0 amide bonds. The summed E-state index contributed by atoms with van der Waals surface area (Å²) in [5, 5.41) is 7.51. The SMILES string of the molecule is CC.C\C=C/C=C\C=c1\c(-c2ccc(-c3ccc4ccccc4c3)cc2)cc2ccccc2\c1=C/C=C/C. The number of benzene rings is 5. The average molecular weight is 493 g/mol. The first-order valence-corrected chi connectivity index (χ1v) is 13.5. The number of hydrogen-bond donors (Lipinski definition) is 0. The van der Waals surface area contributed by atoms with Crippen LogP contribution in [0.3, 0.4) is 0 Å². The topological polar surface area (TPSA) is 0 Å². The molecule has 38 heavy (non-hydrogen) atoms. The van der Waals surface area contributed by atoms with E-state index in [1.807, 2.05) is 26.8 Å². The van der Waals surface area contributed by atoms with Crippen LogP contribution in [0, 0.1) is 0 Å². The first kappa shape index (κ1) is 26.6. The van der Waals surface area contributed by atoms with Crippen molar-refractivity contribution in [2.24, 2.45) is 0 Å². The van der Waals surface area contributed by atoms with E-state index in [9.17, 15) is 0 Å². The maximum Gasteiger partial charge on any atom is -0.00990 e. The van der Waals surface area contributed by atoms with Crippen molar-refractivity contribution in [3.05, 3.63) is 144 Å². The van der Waals surface area contributed by atoms with Crippen LogP contribution in [0.15, 0.2) is 134 Å². The molecule has 0 N–H and O–H groups in total. The highest BCUT2D eigenvalue weighted by Crippen LogP contribution is 2.27. The summed E-state index contributed by atoms with van der Waals surface area (Å²) in [7, 11) is 0. The third-order valence-electron chi connectivity index (χ3n) is 6.54. The molecule has 5 rings (SSSR count). The lowest BCUT2D eigenvalue weighted by Gasteiger charge is -2.10. The van der Waals surface area contributed by atoms with E-state index in [2.05, 4.69) is 147 Å². The molecule has 0 unspecified atom stereocenters. The minimum absolute atomic E-state index is 1.21. The molecule has 0 atom stereocenters. The Labute approximate surface area is 227 Å². The summed E-state index contributed by atoms with van der Waals surface area (Å²) in [6, 6.07) is 35.2. The first-order chi connectivity index (χ1) is 18.8. The van der Waals surface area contributed by atoms with Crippen LogP contribution in [-0.4, -0.2) is 0 Å². The second-order valence-electron chi connectivity index (χ2n) is 8.88. The van der Waals surface area contributed by atoms with E-state index in [0.29, 0.717) is 0 Å². The summed E-state index contributed by atoms with van der Waals surface area (Å²) in [4.78, 5) is 0. The fourth-order valence-electron chi connectivity index (χ4n) is 4.72. The Balaban J connectivity index is 0.00000164. The standard InChI is InChI=1S/C36H30.C2H6/c1-3-5-7-8-18-35-34(16-6-4-2)33-17-12-11-15-32(33)26-36(35)29-22-19-28(20-23-29)31-24-21-27-13-9-10-14-30(27)25-31;1-2/h3-26H,1-2H3;1-2H3/b5-3-,6-4+,8-7-,34-16+,35-18+;. The van der Waals surface area contributed by atoms with Crippen molar-refractivity contribution in [1.29, 1.82) is 0 Å². The van der Waals surface area contributed by atoms with Gasteiger partial charge in [0.2, 0.25) is 0 Å². The highest BCUT2D eigenvalue weighted by atomic mass is 14.1. The van der Waals surface area contributed by atoms with E-state index in [1.165, 1.54) is 54.2 Å². The smallest absolute Gasteiger partial charge is 0.00990 e. The summed E-state index contributed by atoms with van der Waals surface area (Å²) < 4.78 is 0. The van der Waals surface area contributed by atoms with Crippen LogP contribution in [0.1, 0.15) is 27.7 Å². The van der Waals surface area contributed by atoms with Gasteiger partial charge in [-0.3, -0.25) is 0 Å². The fraction of sp³-hybridized carbons (Fsp3) is 0.105. The normalized spacial score (nSPS) is 12.7. The highest BCUT2D eigenvalue weighted by molar-refractivity contribution is 5.91. The zero-order chi connectivity index (χ0) is 26.7. The van der Waals surface area contributed by atoms with Gasteiger partial charge in [0.05, 0.1) is 0 Å². The summed E-state index contributed by atoms with van der Waals surface area (Å²) in [6.45, 7) is 8.09. The zero-order valence-electron chi connectivity index (χ0n) is 22.9. The largest absolute Gasteiger partial charge is 0.0877 e. The lowest BCUT2D eigenvalue weighted by molar-refractivity contribution is 1.50. The Morgan fingerprint density at radius 2 is 1.05 bits per heavy atom. The molecule has 0 aliphatic rings. The number of rotatable bonds is 5. The van der Waals surface area contributed by atoms with Crippen LogP contribution >= 0.6 is 0 Å². The quantitative estimate of drug-likeness (QED) is 0.214. The lowest BCUT2D eigenvalue weighted by atomic mass is 9.94. The molecule has 0 aliphatic carbocycles. The molecule has 0 bridgehead atoms. The Morgan fingerprint density at radius 1 is 0.447 bits per heavy atom. The summed E-state index contributed by atoms with van der Waals surface area (Å²) in [5.74, 6) is 0. The van der Waals surface area contributed by atoms with Crippen molar-refractivity contribution in [3.8, 4) is 22.3 Å². The molecule has 0 nitrogen and oxygen atoms in total. The van der Waals surface area contributed by atoms with Gasteiger partial charge in [-0.25, -0.2) is 0 Å². The molecule has 0 aromatic heterocycles. The fourth-order valence-corrected chi connectivity index (χ4v) is 4.72. The van der Waals surface area contributed by atoms with Crippen LogP contribution in [0.25, 0.3) is 56.0 Å². The molecule has 0 saturated carbocycles. The third kappa shape index (κ3) is 5.93. The van der Waals surface area contributed by atoms with Crippen molar-refractivity contribution in [2.45, 2.75) is 27.7 Å². The van der Waals surface area contributed by atoms with Crippen LogP contribution in [0.4, 0.5) is 0 Å². The van der Waals surface area contributed by atoms with Gasteiger partial charge in [0.25, 0.3) is 0 Å². The van der Waals surface area contributed by atoms with E-state index >= 15 is 0 Å². The van der Waals surface area contributed by atoms with E-state index in [0.717, 1.165) is 0 Å². The first-order valence-electron chi connectivity index (χ1n) is 13.5. The Kier molecular flexibility index (Phi) is 9.27. The van der Waals surface area contributed by atoms with Crippen LogP contribution in [0.2, 0.25) is 0 Å². The molecule has 0 fully saturated rings. The molecule has 0 heterocycles. The van der Waals surface area contributed by atoms with Gasteiger partial charge in [-0.05, 0) is 80.2 Å². The van der Waals surface area contributed by atoms with E-state index < -0.39 is 0 Å². The van der Waals surface area contributed by atoms with E-state index in [-0.39, 0.29) is 0 Å². The van der Waals surface area contributed by atoms with Crippen LogP contribution < -0.4 is 10.4 Å². The van der Waals surface area contributed by atoms with Crippen LogP contribution in [0.5, 0.6) is 0 Å². The lowest BCUT2D eigenvalue weighted by Crippen LogP contribution is -2.27. The third-order valence-corrected chi connectivity index (χ3v) is 6.54. The molecule has 0 aliphatic heterocycles. The number of hydrogen-bond acceptors (Lipinski definition) is 0. The second-order valence-corrected chi connectivity index (χ2v) is 8.88. The second kappa shape index (κ2) is 13.2. The highest BCUT2D eigenvalue weighted by Gasteiger charge is 2.07. The summed E-state index contributed by atoms with van der Waals surface area (Å²) >= 11 is 0. The number of fused-ring (bicyclic) bond motifs is 2. The zero-order valence-corrected chi connectivity index (χ0v) is 22.9. The molecule has 0 heteroatoms. The van der Waals surface area contributed by atoms with Crippen molar-refractivity contribution in [2.75, 3.05) is 0 Å². The molecule has 0 spiro atoms. The predicted molar refractivity (Wildman–Crippen MR) is 171 cm³/mol. The summed E-state index contributed by atoms with van der Waals surface area (Å²) in [5.41, 5.74) is 4.91. The number of allylic oxidation sites excluding steroid dienone is 6. The molecular formula is C38H36. The van der Waals surface area contributed by atoms with E-state index in [4.69, 9.17) is 0 Å². The Bertz CT molecular complexity index is 1730. The maximum absolute atomic E-state index is 2.32. The van der Waals surface area contributed by atoms with Gasteiger partial charge in [0, 0.05) is 0 Å². The molecule has 5 aromatic rings. The Hall–Kier alpha value is -4.42. The Morgan fingerprint density at radius 3 is 1.79 bits per heavy atom. The molecular weight excluding hydrogens is 456 g/mol. The molecule has 5 aromatic carbocycles. The van der Waals surface area contributed by atoms with Crippen molar-refractivity contribution < 1.29 is 0 Å². The minimum atomic E-state index is 1.21. The predicted octanol–water partition coefficient (Wildman–Crippen LogP) is 9.62. The van der Waals surface area contributed by atoms with Crippen molar-refractivity contribution in [1.82, 2.24) is 0 Å². The van der Waals surface area contributed by atoms with Gasteiger partial charge >= 0.3 is 0 Å².